The average molecular weight is 569 g/mol. The number of allylic oxidation sites excluding steroid dienone is 1. The fraction of sp³-hybridized carbons (Fsp3) is 0.412. The summed E-state index contributed by atoms with van der Waals surface area (Å²) in [5.41, 5.74) is 13.6. The third-order valence-corrected chi connectivity index (χ3v) is 8.89. The number of hydrogen-bond donors (Lipinski definition) is 3. The molecule has 8 heteroatoms. The van der Waals surface area contributed by atoms with Gasteiger partial charge < -0.3 is 19.8 Å². The Bertz CT molecular complexity index is 1790. The van der Waals surface area contributed by atoms with E-state index in [9.17, 15) is 14.7 Å². The van der Waals surface area contributed by atoms with E-state index in [-0.39, 0.29) is 24.2 Å². The number of aryl methyl sites for hydroxylation is 3. The summed E-state index contributed by atoms with van der Waals surface area (Å²) in [6.07, 6.45) is 3.06. The minimum atomic E-state index is -0.814. The lowest BCUT2D eigenvalue weighted by atomic mass is 9.86. The fourth-order valence-electron chi connectivity index (χ4n) is 6.53. The minimum Gasteiger partial charge on any atom is -0.481 e. The first kappa shape index (κ1) is 29.3. The van der Waals surface area contributed by atoms with Crippen molar-refractivity contribution >= 4 is 45.7 Å². The monoisotopic (exact) mass is 568 g/mol. The lowest BCUT2D eigenvalue weighted by molar-refractivity contribution is -0.145. The molecule has 1 unspecified atom stereocenters. The number of carbonyl (C=O) groups excluding carboxylic acids is 1. The number of rotatable bonds is 6. The Morgan fingerprint density at radius 1 is 0.976 bits per heavy atom. The number of carbonyl (C=O) groups is 2. The summed E-state index contributed by atoms with van der Waals surface area (Å²) in [7, 11) is 0. The van der Waals surface area contributed by atoms with Crippen molar-refractivity contribution in [2.45, 2.75) is 92.6 Å². The second-order valence-electron chi connectivity index (χ2n) is 11.7. The van der Waals surface area contributed by atoms with Crippen LogP contribution in [0.2, 0.25) is 0 Å². The highest BCUT2D eigenvalue weighted by molar-refractivity contribution is 5.85. The summed E-state index contributed by atoms with van der Waals surface area (Å²) in [4.78, 5) is 40.9. The normalized spacial score (nSPS) is 17.2. The van der Waals surface area contributed by atoms with Crippen LogP contribution in [0.3, 0.4) is 0 Å². The molecule has 0 spiro atoms. The minimum absolute atomic E-state index is 0.0106. The number of ether oxygens (including phenoxy) is 1. The van der Waals surface area contributed by atoms with E-state index in [0.29, 0.717) is 6.42 Å². The van der Waals surface area contributed by atoms with E-state index in [2.05, 4.69) is 61.9 Å². The molecule has 42 heavy (non-hydrogen) atoms. The molecule has 8 bridgehead atoms. The van der Waals surface area contributed by atoms with Crippen molar-refractivity contribution in [2.24, 2.45) is 0 Å². The number of aliphatic carboxylic acids is 1. The maximum absolute atomic E-state index is 11.9. The molecule has 0 radical (unpaired) electrons. The van der Waals surface area contributed by atoms with E-state index in [1.807, 2.05) is 20.8 Å². The molecular formula is C34H40N4O4. The first-order valence-corrected chi connectivity index (χ1v) is 14.7. The lowest BCUT2D eigenvalue weighted by Gasteiger charge is -2.16. The Kier molecular flexibility index (Phi) is 7.84. The Hall–Kier alpha value is -4.20. The van der Waals surface area contributed by atoms with Crippen LogP contribution in [0.25, 0.3) is 33.7 Å². The van der Waals surface area contributed by atoms with Gasteiger partial charge in [-0.3, -0.25) is 14.6 Å². The molecule has 0 fully saturated rings. The fourth-order valence-corrected chi connectivity index (χ4v) is 6.53. The topological polar surface area (TPSA) is 121 Å². The molecule has 0 aromatic carbocycles. The molecule has 5 rings (SSSR count). The number of H-pyrrole nitrogens is 2. The Labute approximate surface area is 246 Å². The zero-order valence-corrected chi connectivity index (χ0v) is 25.7. The van der Waals surface area contributed by atoms with Gasteiger partial charge in [-0.05, 0) is 99.6 Å². The predicted octanol–water partition coefficient (Wildman–Crippen LogP) is 7.74. The van der Waals surface area contributed by atoms with Gasteiger partial charge in [-0.15, -0.1) is 0 Å². The van der Waals surface area contributed by atoms with Crippen LogP contribution in [0, 0.1) is 20.8 Å². The van der Waals surface area contributed by atoms with E-state index in [1.165, 1.54) is 12.5 Å². The van der Waals surface area contributed by atoms with Crippen LogP contribution in [0.1, 0.15) is 116 Å². The summed E-state index contributed by atoms with van der Waals surface area (Å²) >= 11 is 0. The van der Waals surface area contributed by atoms with Gasteiger partial charge in [0.2, 0.25) is 0 Å². The summed E-state index contributed by atoms with van der Waals surface area (Å²) < 4.78 is 5.67. The maximum Gasteiger partial charge on any atom is 0.303 e. The predicted molar refractivity (Wildman–Crippen MR) is 166 cm³/mol. The van der Waals surface area contributed by atoms with E-state index in [0.717, 1.165) is 79.1 Å². The number of carboxylic acids is 1. The van der Waals surface area contributed by atoms with Gasteiger partial charge in [0.05, 0.1) is 11.4 Å². The quantitative estimate of drug-likeness (QED) is 0.262. The highest BCUT2D eigenvalue weighted by Gasteiger charge is 2.31. The zero-order chi connectivity index (χ0) is 30.5. The van der Waals surface area contributed by atoms with Crippen LogP contribution in [-0.4, -0.2) is 37.0 Å². The summed E-state index contributed by atoms with van der Waals surface area (Å²) in [5, 5.41) is 9.50. The number of aromatic amines is 2. The van der Waals surface area contributed by atoms with E-state index >= 15 is 0 Å². The van der Waals surface area contributed by atoms with Crippen molar-refractivity contribution in [1.29, 1.82) is 0 Å². The van der Waals surface area contributed by atoms with Crippen LogP contribution in [-0.2, 0) is 20.7 Å². The molecule has 2 aliphatic rings. The van der Waals surface area contributed by atoms with Gasteiger partial charge in [0.1, 0.15) is 6.10 Å². The van der Waals surface area contributed by atoms with Crippen LogP contribution in [0.15, 0.2) is 18.2 Å². The Morgan fingerprint density at radius 2 is 1.67 bits per heavy atom. The molecule has 8 nitrogen and oxygen atoms in total. The summed E-state index contributed by atoms with van der Waals surface area (Å²) in [5.74, 6) is -1.19. The number of aromatic nitrogens is 4. The molecule has 3 N–H and O–H groups in total. The van der Waals surface area contributed by atoms with Crippen LogP contribution in [0.5, 0.6) is 0 Å². The van der Waals surface area contributed by atoms with Crippen LogP contribution in [0.4, 0.5) is 0 Å². The van der Waals surface area contributed by atoms with E-state index < -0.39 is 12.1 Å². The van der Waals surface area contributed by atoms with E-state index in [1.54, 1.807) is 0 Å². The number of nitrogens with one attached hydrogen (secondary N) is 2. The highest BCUT2D eigenvalue weighted by Crippen LogP contribution is 2.42. The highest BCUT2D eigenvalue weighted by atomic mass is 16.5. The smallest absolute Gasteiger partial charge is 0.303 e. The lowest BCUT2D eigenvalue weighted by Crippen LogP contribution is -2.07. The molecule has 3 atom stereocenters. The number of fused-ring (bicyclic) bond motifs is 8. The van der Waals surface area contributed by atoms with Gasteiger partial charge in [-0.2, -0.15) is 0 Å². The largest absolute Gasteiger partial charge is 0.481 e. The standard InChI is InChI=1S/C34H40N4O4/c1-9-23-17(3)27-15-31-33(21(7)42-22(8)39)19(5)29(37-31)14-28-18(4)24(10-11-32(40)41)34(38-28)20(6)26-12-16(2)25(35-26)13-30(23)36-27/h12-15,18,21,24,36-37H,9-11H2,1-8H3,(H,40,41)/t18-,21?,24-/m0/s1. The number of nitrogens with zero attached hydrogens (tertiary/aromatic N) is 2. The summed E-state index contributed by atoms with van der Waals surface area (Å²) in [6.45, 7) is 15.8. The van der Waals surface area contributed by atoms with Gasteiger partial charge in [-0.25, -0.2) is 4.98 Å². The van der Waals surface area contributed by atoms with E-state index in [4.69, 9.17) is 14.7 Å². The van der Waals surface area contributed by atoms with Crippen LogP contribution < -0.4 is 0 Å². The summed E-state index contributed by atoms with van der Waals surface area (Å²) in [6, 6.07) is 6.27. The molecule has 0 amide bonds. The first-order valence-electron chi connectivity index (χ1n) is 14.7. The first-order chi connectivity index (χ1) is 19.9. The van der Waals surface area contributed by atoms with Crippen molar-refractivity contribution < 1.29 is 19.4 Å². The Morgan fingerprint density at radius 3 is 2.33 bits per heavy atom. The second kappa shape index (κ2) is 11.2. The third kappa shape index (κ3) is 5.26. The number of hydrogen-bond acceptors (Lipinski definition) is 5. The second-order valence-corrected chi connectivity index (χ2v) is 11.7. The molecule has 0 saturated carbocycles. The van der Waals surface area contributed by atoms with Crippen molar-refractivity contribution in [1.82, 2.24) is 19.9 Å². The third-order valence-electron chi connectivity index (χ3n) is 8.89. The maximum atomic E-state index is 11.9. The van der Waals surface area contributed by atoms with Gasteiger partial charge in [0.15, 0.2) is 0 Å². The molecule has 0 aliphatic carbocycles. The van der Waals surface area contributed by atoms with Gasteiger partial charge in [-0.1, -0.05) is 13.8 Å². The molecule has 3 aromatic heterocycles. The van der Waals surface area contributed by atoms with Crippen molar-refractivity contribution in [3.8, 4) is 0 Å². The van der Waals surface area contributed by atoms with Crippen molar-refractivity contribution in [3.63, 3.8) is 0 Å². The van der Waals surface area contributed by atoms with Gasteiger partial charge >= 0.3 is 11.9 Å². The SMILES string of the molecule is CCc1c(C)c2cc3[nH]c(cc4nc(c(C)c5nc(cc1[nH]2)C(C)=C5)[C@@H](CCC(=O)O)[C@@H]4C)c(C)c3C(C)OC(C)=O. The molecule has 2 aliphatic heterocycles. The molecular weight excluding hydrogens is 528 g/mol. The van der Waals surface area contributed by atoms with Gasteiger partial charge in [0.25, 0.3) is 0 Å². The van der Waals surface area contributed by atoms with Crippen molar-refractivity contribution in [2.75, 3.05) is 0 Å². The van der Waals surface area contributed by atoms with Gasteiger partial charge in [0, 0.05) is 64.2 Å². The molecule has 3 aromatic rings. The van der Waals surface area contributed by atoms with Crippen molar-refractivity contribution in [3.05, 3.63) is 68.8 Å². The average Bonchev–Trinajstić information content (AvgIpc) is 3.61. The molecule has 220 valence electrons. The number of esters is 1. The van der Waals surface area contributed by atoms with Crippen LogP contribution >= 0.6 is 0 Å². The Balaban J connectivity index is 1.92. The number of carboxylic acid groups (broad SMARTS) is 1. The zero-order valence-electron chi connectivity index (χ0n) is 25.7. The molecule has 5 heterocycles. The molecule has 0 saturated heterocycles.